The standard InChI is InChI=1S/C24H18BrNO2/c25-18-13-11-17(12-14-18)6-5-15-26-24(27)28-16-23-21-9-3-1-7-19(21)20-8-2-4-10-22(20)23/h1-4,7-14,23H,15-16H2,(H,26,27). The number of halogens is 1. The first-order valence-corrected chi connectivity index (χ1v) is 9.85. The second-order valence-corrected chi connectivity index (χ2v) is 7.40. The molecule has 0 radical (unpaired) electrons. The topological polar surface area (TPSA) is 38.3 Å². The summed E-state index contributed by atoms with van der Waals surface area (Å²) >= 11 is 3.39. The van der Waals surface area contributed by atoms with Crippen molar-refractivity contribution in [3.63, 3.8) is 0 Å². The van der Waals surface area contributed by atoms with Crippen LogP contribution in [0.15, 0.2) is 77.3 Å². The molecule has 0 saturated carbocycles. The van der Waals surface area contributed by atoms with Crippen LogP contribution in [-0.4, -0.2) is 19.2 Å². The minimum Gasteiger partial charge on any atom is -0.449 e. The van der Waals surface area contributed by atoms with Crippen molar-refractivity contribution in [3.05, 3.63) is 94.0 Å². The maximum atomic E-state index is 12.1. The first-order chi connectivity index (χ1) is 13.7. The van der Waals surface area contributed by atoms with Crippen LogP contribution in [-0.2, 0) is 4.74 Å². The fraction of sp³-hybridized carbons (Fsp3) is 0.125. The van der Waals surface area contributed by atoms with Gasteiger partial charge in [0.05, 0.1) is 6.54 Å². The Hall–Kier alpha value is -3.03. The highest BCUT2D eigenvalue weighted by atomic mass is 79.9. The van der Waals surface area contributed by atoms with Gasteiger partial charge in [-0.25, -0.2) is 4.79 Å². The van der Waals surface area contributed by atoms with Gasteiger partial charge in [-0.2, -0.15) is 0 Å². The molecule has 0 unspecified atom stereocenters. The van der Waals surface area contributed by atoms with Crippen molar-refractivity contribution in [3.8, 4) is 23.0 Å². The van der Waals surface area contributed by atoms with E-state index in [0.29, 0.717) is 6.61 Å². The molecule has 1 aliphatic rings. The van der Waals surface area contributed by atoms with E-state index in [1.165, 1.54) is 22.3 Å². The van der Waals surface area contributed by atoms with E-state index in [9.17, 15) is 4.79 Å². The number of benzene rings is 3. The molecule has 4 heteroatoms. The van der Waals surface area contributed by atoms with E-state index in [0.717, 1.165) is 10.0 Å². The predicted molar refractivity (Wildman–Crippen MR) is 114 cm³/mol. The third-order valence-electron chi connectivity index (χ3n) is 4.74. The maximum absolute atomic E-state index is 12.1. The Balaban J connectivity index is 1.35. The van der Waals surface area contributed by atoms with E-state index in [2.05, 4.69) is 57.4 Å². The Bertz CT molecular complexity index is 1020. The van der Waals surface area contributed by atoms with Crippen LogP contribution in [0.1, 0.15) is 22.6 Å². The lowest BCUT2D eigenvalue weighted by atomic mass is 9.98. The highest BCUT2D eigenvalue weighted by Crippen LogP contribution is 2.44. The van der Waals surface area contributed by atoms with Crippen LogP contribution in [0.4, 0.5) is 4.79 Å². The smallest absolute Gasteiger partial charge is 0.407 e. The number of alkyl carbamates (subject to hydrolysis) is 1. The van der Waals surface area contributed by atoms with Gasteiger partial charge in [0.1, 0.15) is 6.61 Å². The Labute approximate surface area is 172 Å². The molecule has 0 bridgehead atoms. The number of hydrogen-bond donors (Lipinski definition) is 1. The van der Waals surface area contributed by atoms with Gasteiger partial charge < -0.3 is 10.1 Å². The summed E-state index contributed by atoms with van der Waals surface area (Å²) in [7, 11) is 0. The highest BCUT2D eigenvalue weighted by molar-refractivity contribution is 9.10. The van der Waals surface area contributed by atoms with Gasteiger partial charge in [0.2, 0.25) is 0 Å². The van der Waals surface area contributed by atoms with Crippen LogP contribution in [0.25, 0.3) is 11.1 Å². The average molecular weight is 432 g/mol. The summed E-state index contributed by atoms with van der Waals surface area (Å²) in [4.78, 5) is 12.1. The third kappa shape index (κ3) is 3.95. The maximum Gasteiger partial charge on any atom is 0.407 e. The van der Waals surface area contributed by atoms with Gasteiger partial charge in [0.15, 0.2) is 0 Å². The monoisotopic (exact) mass is 431 g/mol. The molecule has 138 valence electrons. The normalized spacial score (nSPS) is 11.8. The number of carbonyl (C=O) groups is 1. The second kappa shape index (κ2) is 8.33. The van der Waals surface area contributed by atoms with E-state index < -0.39 is 6.09 Å². The van der Waals surface area contributed by atoms with Crippen molar-refractivity contribution in [2.75, 3.05) is 13.2 Å². The summed E-state index contributed by atoms with van der Waals surface area (Å²) in [6.07, 6.45) is -0.452. The van der Waals surface area contributed by atoms with Crippen LogP contribution < -0.4 is 5.32 Å². The van der Waals surface area contributed by atoms with E-state index in [1.807, 2.05) is 48.5 Å². The molecule has 0 spiro atoms. The zero-order chi connectivity index (χ0) is 19.3. The minimum absolute atomic E-state index is 0.0620. The van der Waals surface area contributed by atoms with Crippen molar-refractivity contribution >= 4 is 22.0 Å². The molecule has 4 rings (SSSR count). The largest absolute Gasteiger partial charge is 0.449 e. The van der Waals surface area contributed by atoms with Gasteiger partial charge in [-0.3, -0.25) is 0 Å². The second-order valence-electron chi connectivity index (χ2n) is 6.49. The van der Waals surface area contributed by atoms with Crippen LogP contribution in [0.2, 0.25) is 0 Å². The number of fused-ring (bicyclic) bond motifs is 3. The van der Waals surface area contributed by atoms with Gasteiger partial charge >= 0.3 is 6.09 Å². The van der Waals surface area contributed by atoms with Gasteiger partial charge in [0.25, 0.3) is 0 Å². The van der Waals surface area contributed by atoms with Crippen molar-refractivity contribution in [1.29, 1.82) is 0 Å². The quantitative estimate of drug-likeness (QED) is 0.568. The molecule has 0 fully saturated rings. The van der Waals surface area contributed by atoms with Crippen LogP contribution >= 0.6 is 15.9 Å². The van der Waals surface area contributed by atoms with Gasteiger partial charge in [-0.1, -0.05) is 76.3 Å². The fourth-order valence-corrected chi connectivity index (χ4v) is 3.71. The molecule has 3 aromatic carbocycles. The molecule has 0 aliphatic heterocycles. The van der Waals surface area contributed by atoms with Crippen molar-refractivity contribution in [2.45, 2.75) is 5.92 Å². The summed E-state index contributed by atoms with van der Waals surface area (Å²) in [5, 5.41) is 2.69. The highest BCUT2D eigenvalue weighted by Gasteiger charge is 2.28. The van der Waals surface area contributed by atoms with Crippen LogP contribution in [0, 0.1) is 11.8 Å². The number of rotatable bonds is 3. The summed E-state index contributed by atoms with van der Waals surface area (Å²) < 4.78 is 6.49. The molecular weight excluding hydrogens is 414 g/mol. The molecule has 1 aliphatic carbocycles. The van der Waals surface area contributed by atoms with Gasteiger partial charge in [-0.05, 0) is 46.5 Å². The zero-order valence-electron chi connectivity index (χ0n) is 15.1. The third-order valence-corrected chi connectivity index (χ3v) is 5.27. The Morgan fingerprint density at radius 3 is 2.18 bits per heavy atom. The molecule has 1 N–H and O–H groups in total. The lowest BCUT2D eigenvalue weighted by molar-refractivity contribution is 0.144. The average Bonchev–Trinajstić information content (AvgIpc) is 3.05. The number of hydrogen-bond acceptors (Lipinski definition) is 2. The molecular formula is C24H18BrNO2. The first-order valence-electron chi connectivity index (χ1n) is 9.05. The van der Waals surface area contributed by atoms with Crippen molar-refractivity contribution in [2.24, 2.45) is 0 Å². The molecule has 3 aromatic rings. The summed E-state index contributed by atoms with van der Waals surface area (Å²) in [6.45, 7) is 0.548. The minimum atomic E-state index is -0.452. The number of amides is 1. The molecule has 28 heavy (non-hydrogen) atoms. The summed E-state index contributed by atoms with van der Waals surface area (Å²) in [6, 6.07) is 24.3. The predicted octanol–water partition coefficient (Wildman–Crippen LogP) is 5.34. The van der Waals surface area contributed by atoms with Gasteiger partial charge in [-0.15, -0.1) is 0 Å². The summed E-state index contributed by atoms with van der Waals surface area (Å²) in [5.41, 5.74) is 5.73. The summed E-state index contributed by atoms with van der Waals surface area (Å²) in [5.74, 6) is 6.01. The Kier molecular flexibility index (Phi) is 5.45. The molecule has 0 atom stereocenters. The SMILES string of the molecule is O=C(NCC#Cc1ccc(Br)cc1)OCC1c2ccccc2-c2ccccc21. The number of ether oxygens (including phenoxy) is 1. The van der Waals surface area contributed by atoms with Crippen LogP contribution in [0.3, 0.4) is 0 Å². The van der Waals surface area contributed by atoms with Gasteiger partial charge in [0, 0.05) is 16.0 Å². The molecule has 0 heterocycles. The number of nitrogens with one attached hydrogen (secondary N) is 1. The Morgan fingerprint density at radius 2 is 1.54 bits per heavy atom. The lowest BCUT2D eigenvalue weighted by Crippen LogP contribution is -2.26. The fourth-order valence-electron chi connectivity index (χ4n) is 3.45. The lowest BCUT2D eigenvalue weighted by Gasteiger charge is -2.14. The zero-order valence-corrected chi connectivity index (χ0v) is 16.7. The van der Waals surface area contributed by atoms with E-state index in [-0.39, 0.29) is 12.5 Å². The van der Waals surface area contributed by atoms with Crippen molar-refractivity contribution < 1.29 is 9.53 Å². The Morgan fingerprint density at radius 1 is 0.929 bits per heavy atom. The van der Waals surface area contributed by atoms with E-state index >= 15 is 0 Å². The molecule has 3 nitrogen and oxygen atoms in total. The molecule has 0 aromatic heterocycles. The van der Waals surface area contributed by atoms with Crippen molar-refractivity contribution in [1.82, 2.24) is 5.32 Å². The van der Waals surface area contributed by atoms with E-state index in [1.54, 1.807) is 0 Å². The van der Waals surface area contributed by atoms with Crippen LogP contribution in [0.5, 0.6) is 0 Å². The molecule has 0 saturated heterocycles. The van der Waals surface area contributed by atoms with E-state index in [4.69, 9.17) is 4.74 Å². The molecule has 1 amide bonds. The first kappa shape index (κ1) is 18.3. The number of carbonyl (C=O) groups excluding carboxylic acids is 1.